The van der Waals surface area contributed by atoms with Gasteiger partial charge in [0.1, 0.15) is 0 Å². The van der Waals surface area contributed by atoms with Gasteiger partial charge >= 0.3 is 0 Å². The van der Waals surface area contributed by atoms with Crippen molar-refractivity contribution in [2.75, 3.05) is 11.9 Å². The van der Waals surface area contributed by atoms with Crippen LogP contribution in [0.1, 0.15) is 44.9 Å². The van der Waals surface area contributed by atoms with Crippen LogP contribution >= 0.6 is 15.9 Å². The lowest BCUT2D eigenvalue weighted by Gasteiger charge is -2.60. The molecule has 8 nitrogen and oxygen atoms in total. The monoisotopic (exact) mass is 488 g/mol. The molecule has 1 aromatic heterocycles. The number of rotatable bonds is 5. The zero-order chi connectivity index (χ0) is 21.8. The molecule has 31 heavy (non-hydrogen) atoms. The molecule has 0 spiro atoms. The Morgan fingerprint density at radius 2 is 1.74 bits per heavy atom. The van der Waals surface area contributed by atoms with Crippen molar-refractivity contribution in [2.24, 2.45) is 17.3 Å². The van der Waals surface area contributed by atoms with Gasteiger partial charge in [0.15, 0.2) is 0 Å². The molecule has 6 rings (SSSR count). The minimum Gasteiger partial charge on any atom is -0.347 e. The highest BCUT2D eigenvalue weighted by atomic mass is 79.9. The molecule has 164 valence electrons. The summed E-state index contributed by atoms with van der Waals surface area (Å²) in [5, 5.41) is 10.2. The van der Waals surface area contributed by atoms with E-state index in [1.807, 2.05) is 0 Å². The standard InChI is InChI=1S/C22H25BrN4O4/c23-22-7-12-4-13(8-22)6-21(5-12,11-22)9-16(28)24-10-17(29)25-15-3-1-2-14-18(15)20(31)27-26-19(14)30/h1-3,12-13H,4-11H2,(H,24,28)(H,25,29)(H,26,30)(H,27,31). The maximum absolute atomic E-state index is 12.7. The van der Waals surface area contributed by atoms with Crippen LogP contribution in [0.2, 0.25) is 0 Å². The molecule has 2 aromatic rings. The number of hydrogen-bond donors (Lipinski definition) is 4. The molecule has 4 saturated carbocycles. The first-order chi connectivity index (χ1) is 14.7. The zero-order valence-corrected chi connectivity index (χ0v) is 18.6. The normalized spacial score (nSPS) is 31.0. The fourth-order valence-corrected chi connectivity index (χ4v) is 8.16. The first-order valence-corrected chi connectivity index (χ1v) is 11.5. The van der Waals surface area contributed by atoms with E-state index in [0.29, 0.717) is 18.3 Å². The molecule has 4 aliphatic rings. The van der Waals surface area contributed by atoms with Gasteiger partial charge < -0.3 is 10.6 Å². The van der Waals surface area contributed by atoms with E-state index in [4.69, 9.17) is 0 Å². The Morgan fingerprint density at radius 1 is 1.03 bits per heavy atom. The van der Waals surface area contributed by atoms with Gasteiger partial charge in [0.25, 0.3) is 11.1 Å². The van der Waals surface area contributed by atoms with Crippen LogP contribution in [0.5, 0.6) is 0 Å². The third-order valence-electron chi connectivity index (χ3n) is 7.19. The van der Waals surface area contributed by atoms with Crippen molar-refractivity contribution in [1.82, 2.24) is 15.5 Å². The van der Waals surface area contributed by atoms with Crippen LogP contribution in [-0.2, 0) is 9.59 Å². The highest BCUT2D eigenvalue weighted by Crippen LogP contribution is 2.65. The number of carbonyl (C=O) groups excluding carboxylic acids is 2. The Balaban J connectivity index is 1.22. The molecule has 2 unspecified atom stereocenters. The highest BCUT2D eigenvalue weighted by Gasteiger charge is 2.57. The molecule has 4 bridgehead atoms. The van der Waals surface area contributed by atoms with Gasteiger partial charge in [-0.25, -0.2) is 0 Å². The number of H-pyrrole nitrogens is 2. The third-order valence-corrected chi connectivity index (χ3v) is 8.12. The Hall–Kier alpha value is -2.42. The largest absolute Gasteiger partial charge is 0.347 e. The molecule has 2 atom stereocenters. The first-order valence-electron chi connectivity index (χ1n) is 10.7. The van der Waals surface area contributed by atoms with Gasteiger partial charge in [-0.3, -0.25) is 29.4 Å². The Labute approximate surface area is 186 Å². The molecule has 1 aromatic carbocycles. The summed E-state index contributed by atoms with van der Waals surface area (Å²) in [6.45, 7) is -0.182. The lowest BCUT2D eigenvalue weighted by molar-refractivity contribution is -0.130. The number of aromatic amines is 2. The summed E-state index contributed by atoms with van der Waals surface area (Å²) in [7, 11) is 0. The molecule has 0 saturated heterocycles. The third kappa shape index (κ3) is 3.84. The van der Waals surface area contributed by atoms with Crippen LogP contribution in [-0.4, -0.2) is 32.9 Å². The molecule has 9 heteroatoms. The predicted octanol–water partition coefficient (Wildman–Crippen LogP) is 2.40. The summed E-state index contributed by atoms with van der Waals surface area (Å²) in [5.41, 5.74) is -0.663. The minimum atomic E-state index is -0.500. The van der Waals surface area contributed by atoms with Crippen LogP contribution in [0.15, 0.2) is 27.8 Å². The quantitative estimate of drug-likeness (QED) is 0.482. The van der Waals surface area contributed by atoms with Gasteiger partial charge in [-0.05, 0) is 67.9 Å². The summed E-state index contributed by atoms with van der Waals surface area (Å²) in [6.07, 6.45) is 7.38. The first kappa shape index (κ1) is 20.5. The maximum Gasteiger partial charge on any atom is 0.272 e. The number of aromatic nitrogens is 2. The van der Waals surface area contributed by atoms with E-state index in [9.17, 15) is 19.2 Å². The second-order valence-electron chi connectivity index (χ2n) is 9.75. The summed E-state index contributed by atoms with van der Waals surface area (Å²) >= 11 is 3.96. The van der Waals surface area contributed by atoms with Crippen molar-refractivity contribution in [3.63, 3.8) is 0 Å². The maximum atomic E-state index is 12.7. The van der Waals surface area contributed by atoms with Crippen molar-refractivity contribution in [1.29, 1.82) is 0 Å². The number of benzene rings is 1. The SMILES string of the molecule is O=C(CC12CC3CC(CC(Br)(C3)C1)C2)NCC(=O)Nc1cccc2c(=O)[nH][nH]c(=O)c12. The smallest absolute Gasteiger partial charge is 0.272 e. The van der Waals surface area contributed by atoms with E-state index in [0.717, 1.165) is 19.3 Å². The van der Waals surface area contributed by atoms with Crippen molar-refractivity contribution in [3.8, 4) is 0 Å². The van der Waals surface area contributed by atoms with Crippen molar-refractivity contribution >= 4 is 44.2 Å². The van der Waals surface area contributed by atoms with Crippen LogP contribution in [0.4, 0.5) is 5.69 Å². The number of amides is 2. The second-order valence-corrected chi connectivity index (χ2v) is 11.4. The van der Waals surface area contributed by atoms with Gasteiger partial charge in [-0.2, -0.15) is 0 Å². The summed E-state index contributed by atoms with van der Waals surface area (Å²) in [4.78, 5) is 49.2. The van der Waals surface area contributed by atoms with Crippen molar-refractivity contribution in [3.05, 3.63) is 38.9 Å². The summed E-state index contributed by atoms with van der Waals surface area (Å²) < 4.78 is 0.188. The van der Waals surface area contributed by atoms with Crippen LogP contribution in [0, 0.1) is 17.3 Å². The van der Waals surface area contributed by atoms with E-state index < -0.39 is 17.0 Å². The van der Waals surface area contributed by atoms with Crippen molar-refractivity contribution < 1.29 is 9.59 Å². The molecule has 1 heterocycles. The minimum absolute atomic E-state index is 0.0398. The van der Waals surface area contributed by atoms with Gasteiger partial charge in [0, 0.05) is 10.7 Å². The lowest BCUT2D eigenvalue weighted by atomic mass is 9.48. The number of nitrogens with one attached hydrogen (secondary N) is 4. The molecular formula is C22H25BrN4O4. The Kier molecular flexibility index (Phi) is 4.84. The molecule has 4 aliphatic carbocycles. The Bertz CT molecular complexity index is 1170. The van der Waals surface area contributed by atoms with E-state index in [1.165, 1.54) is 25.3 Å². The summed E-state index contributed by atoms with van der Waals surface area (Å²) in [6, 6.07) is 4.67. The van der Waals surface area contributed by atoms with Gasteiger partial charge in [-0.1, -0.05) is 22.0 Å². The fraction of sp³-hybridized carbons (Fsp3) is 0.545. The summed E-state index contributed by atoms with van der Waals surface area (Å²) in [5.74, 6) is 0.845. The number of hydrogen-bond acceptors (Lipinski definition) is 4. The second kappa shape index (κ2) is 7.32. The van der Waals surface area contributed by atoms with Crippen molar-refractivity contribution in [2.45, 2.75) is 49.3 Å². The Morgan fingerprint density at radius 3 is 2.45 bits per heavy atom. The zero-order valence-electron chi connectivity index (χ0n) is 17.1. The van der Waals surface area contributed by atoms with Gasteiger partial charge in [0.05, 0.1) is 23.0 Å². The molecule has 0 aliphatic heterocycles. The molecule has 0 radical (unpaired) electrons. The predicted molar refractivity (Wildman–Crippen MR) is 120 cm³/mol. The topological polar surface area (TPSA) is 124 Å². The van der Waals surface area contributed by atoms with E-state index >= 15 is 0 Å². The number of halogens is 1. The lowest BCUT2D eigenvalue weighted by Crippen LogP contribution is -2.54. The van der Waals surface area contributed by atoms with Gasteiger partial charge in [-0.15, -0.1) is 0 Å². The molecule has 4 N–H and O–H groups in total. The van der Waals surface area contributed by atoms with E-state index in [1.54, 1.807) is 12.1 Å². The molecule has 2 amide bonds. The average Bonchev–Trinajstić information content (AvgIpc) is 2.67. The van der Waals surface area contributed by atoms with Gasteiger partial charge in [0.2, 0.25) is 11.8 Å². The molecular weight excluding hydrogens is 464 g/mol. The number of fused-ring (bicyclic) bond motifs is 1. The van der Waals surface area contributed by atoms with E-state index in [2.05, 4.69) is 36.8 Å². The van der Waals surface area contributed by atoms with E-state index in [-0.39, 0.29) is 38.7 Å². The fourth-order valence-electron chi connectivity index (χ4n) is 6.65. The molecule has 4 fully saturated rings. The average molecular weight is 489 g/mol. The van der Waals surface area contributed by atoms with Crippen LogP contribution in [0.25, 0.3) is 10.8 Å². The highest BCUT2D eigenvalue weighted by molar-refractivity contribution is 9.10. The number of alkyl halides is 1. The number of anilines is 1. The van der Waals surface area contributed by atoms with Crippen LogP contribution in [0.3, 0.4) is 0 Å². The van der Waals surface area contributed by atoms with Crippen LogP contribution < -0.4 is 21.8 Å². The number of carbonyl (C=O) groups is 2.